The summed E-state index contributed by atoms with van der Waals surface area (Å²) in [7, 11) is 2.89. The smallest absolute Gasteiger partial charge is 0.339 e. The maximum absolute atomic E-state index is 13.2. The second-order valence-electron chi connectivity index (χ2n) is 9.59. The van der Waals surface area contributed by atoms with Crippen LogP contribution in [0, 0.1) is 0 Å². The molecule has 2 saturated heterocycles. The molecule has 0 amide bonds. The van der Waals surface area contributed by atoms with Crippen LogP contribution in [0.25, 0.3) is 0 Å². The van der Waals surface area contributed by atoms with Gasteiger partial charge in [-0.3, -0.25) is 4.90 Å². The molecule has 0 aromatic heterocycles. The number of phenols is 2. The second kappa shape index (κ2) is 10.5. The lowest BCUT2D eigenvalue weighted by Crippen LogP contribution is -2.58. The number of benzene rings is 2. The van der Waals surface area contributed by atoms with Crippen molar-refractivity contribution in [2.75, 3.05) is 51.9 Å². The number of aliphatic hydroxyl groups is 3. The number of aliphatic hydroxyl groups excluding tert-OH is 3. The number of nitrogens with zero attached hydrogens (tertiary/aromatic N) is 2. The average Bonchev–Trinajstić information content (AvgIpc) is 2.93. The van der Waals surface area contributed by atoms with Crippen LogP contribution < -0.4 is 14.4 Å². The molecular weight excluding hydrogens is 500 g/mol. The lowest BCUT2D eigenvalue weighted by Gasteiger charge is -2.45. The summed E-state index contributed by atoms with van der Waals surface area (Å²) in [4.78, 5) is 17.5. The van der Waals surface area contributed by atoms with Crippen molar-refractivity contribution in [1.82, 2.24) is 4.90 Å². The Balaban J connectivity index is 1.45. The van der Waals surface area contributed by atoms with Crippen LogP contribution >= 0.6 is 0 Å². The first-order valence-corrected chi connectivity index (χ1v) is 12.4. The number of hydrogen-bond acceptors (Lipinski definition) is 12. The lowest BCUT2D eigenvalue weighted by molar-refractivity contribution is -0.235. The molecule has 0 spiro atoms. The molecule has 38 heavy (non-hydrogen) atoms. The molecule has 5 N–H and O–H groups in total. The molecule has 5 rings (SSSR count). The molecule has 0 radical (unpaired) electrons. The van der Waals surface area contributed by atoms with Gasteiger partial charge in [0.2, 0.25) is 5.75 Å². The minimum Gasteiger partial charge on any atom is -0.504 e. The number of carbonyl (C=O) groups excluding carboxylic acids is 1. The molecule has 0 aliphatic carbocycles. The van der Waals surface area contributed by atoms with E-state index in [4.69, 9.17) is 18.9 Å². The third-order valence-corrected chi connectivity index (χ3v) is 7.52. The van der Waals surface area contributed by atoms with E-state index in [1.807, 2.05) is 24.3 Å². The van der Waals surface area contributed by atoms with Gasteiger partial charge in [0.05, 0.1) is 26.4 Å². The monoisotopic (exact) mass is 532 g/mol. The van der Waals surface area contributed by atoms with Crippen molar-refractivity contribution in [2.45, 2.75) is 37.1 Å². The Morgan fingerprint density at radius 3 is 2.42 bits per heavy atom. The number of rotatable bonds is 6. The summed E-state index contributed by atoms with van der Waals surface area (Å²) in [6, 6.07) is 7.78. The molecule has 12 heteroatoms. The number of ether oxygens (including phenoxy) is 4. The number of anilines is 1. The van der Waals surface area contributed by atoms with E-state index < -0.39 is 54.6 Å². The molecule has 12 nitrogen and oxygen atoms in total. The Kier molecular flexibility index (Phi) is 7.25. The Hall–Kier alpha value is -3.29. The number of piperazine rings is 1. The Bertz CT molecular complexity index is 1200. The summed E-state index contributed by atoms with van der Waals surface area (Å²) in [6.07, 6.45) is -6.76. The van der Waals surface area contributed by atoms with Crippen LogP contribution in [0.4, 0.5) is 5.69 Å². The van der Waals surface area contributed by atoms with Gasteiger partial charge < -0.3 is 49.4 Å². The van der Waals surface area contributed by atoms with Gasteiger partial charge in [-0.15, -0.1) is 0 Å². The molecule has 3 aliphatic heterocycles. The van der Waals surface area contributed by atoms with Gasteiger partial charge in [0.15, 0.2) is 17.6 Å². The van der Waals surface area contributed by atoms with Crippen molar-refractivity contribution in [2.24, 2.45) is 0 Å². The van der Waals surface area contributed by atoms with Crippen molar-refractivity contribution in [3.8, 4) is 23.0 Å². The zero-order valence-corrected chi connectivity index (χ0v) is 21.1. The summed E-state index contributed by atoms with van der Waals surface area (Å²) < 4.78 is 21.8. The number of hydrogen-bond donors (Lipinski definition) is 5. The van der Waals surface area contributed by atoms with E-state index in [-0.39, 0.29) is 29.0 Å². The molecule has 2 fully saturated rings. The number of aromatic hydroxyl groups is 2. The van der Waals surface area contributed by atoms with E-state index in [0.717, 1.165) is 11.4 Å². The highest BCUT2D eigenvalue weighted by Crippen LogP contribution is 2.52. The van der Waals surface area contributed by atoms with E-state index in [1.165, 1.54) is 7.11 Å². The number of carbonyl (C=O) groups is 1. The number of phenolic OH excluding ortho intramolecular Hbond substituents is 2. The van der Waals surface area contributed by atoms with E-state index >= 15 is 0 Å². The van der Waals surface area contributed by atoms with Crippen molar-refractivity contribution in [3.05, 3.63) is 41.0 Å². The Morgan fingerprint density at radius 2 is 1.76 bits per heavy atom. The van der Waals surface area contributed by atoms with Crippen molar-refractivity contribution in [3.63, 3.8) is 0 Å². The third kappa shape index (κ3) is 4.37. The minimum atomic E-state index is -1.56. The molecule has 2 aromatic carbocycles. The third-order valence-electron chi connectivity index (χ3n) is 7.52. The first-order valence-electron chi connectivity index (χ1n) is 12.4. The highest BCUT2D eigenvalue weighted by atomic mass is 16.6. The fourth-order valence-corrected chi connectivity index (χ4v) is 5.46. The summed E-state index contributed by atoms with van der Waals surface area (Å²) in [5, 5.41) is 52.5. The highest BCUT2D eigenvalue weighted by Gasteiger charge is 2.53. The van der Waals surface area contributed by atoms with Crippen molar-refractivity contribution in [1.29, 1.82) is 0 Å². The first-order chi connectivity index (χ1) is 18.3. The number of esters is 1. The predicted molar refractivity (Wildman–Crippen MR) is 133 cm³/mol. The number of fused-ring (bicyclic) bond motifs is 3. The molecule has 5 atom stereocenters. The molecule has 0 saturated carbocycles. The zero-order chi connectivity index (χ0) is 27.1. The first kappa shape index (κ1) is 26.3. The fraction of sp³-hybridized carbons (Fsp3) is 0.500. The largest absolute Gasteiger partial charge is 0.504 e. The maximum Gasteiger partial charge on any atom is 0.339 e. The van der Waals surface area contributed by atoms with Crippen LogP contribution in [0.1, 0.15) is 27.6 Å². The molecular formula is C26H32N2O10. The lowest BCUT2D eigenvalue weighted by atomic mass is 9.84. The maximum atomic E-state index is 13.2. The van der Waals surface area contributed by atoms with Crippen LogP contribution in [0.5, 0.6) is 23.0 Å². The quantitative estimate of drug-likeness (QED) is 0.320. The van der Waals surface area contributed by atoms with Gasteiger partial charge in [-0.05, 0) is 12.1 Å². The van der Waals surface area contributed by atoms with Gasteiger partial charge in [0.1, 0.15) is 30.2 Å². The second-order valence-corrected chi connectivity index (χ2v) is 9.59. The van der Waals surface area contributed by atoms with Crippen LogP contribution in [0.15, 0.2) is 24.3 Å². The fourth-order valence-electron chi connectivity index (χ4n) is 5.46. The molecule has 206 valence electrons. The van der Waals surface area contributed by atoms with Gasteiger partial charge in [-0.25, -0.2) is 4.79 Å². The number of methoxy groups -OCH3 is 2. The predicted octanol–water partition coefficient (Wildman–Crippen LogP) is 0.130. The van der Waals surface area contributed by atoms with Crippen LogP contribution in [0.2, 0.25) is 0 Å². The van der Waals surface area contributed by atoms with Crippen LogP contribution in [0.3, 0.4) is 0 Å². The van der Waals surface area contributed by atoms with Gasteiger partial charge in [0, 0.05) is 55.6 Å². The SMILES string of the molecule is COc1cccc(N2CCN(Cc3c(O)c(OC)c(O)c4c3C(=O)O[C@H]3[C@@H](O)[C@H](O)[C@@H](CO)O[C@H]43)CC2)c1. The van der Waals surface area contributed by atoms with Crippen LogP contribution in [-0.2, 0) is 16.0 Å². The Morgan fingerprint density at radius 1 is 1.03 bits per heavy atom. The van der Waals surface area contributed by atoms with E-state index in [9.17, 15) is 30.3 Å². The van der Waals surface area contributed by atoms with Gasteiger partial charge in [-0.1, -0.05) is 6.07 Å². The highest BCUT2D eigenvalue weighted by molar-refractivity contribution is 5.97. The normalized spacial score (nSPS) is 27.3. The van der Waals surface area contributed by atoms with E-state index in [2.05, 4.69) is 9.80 Å². The van der Waals surface area contributed by atoms with Gasteiger partial charge in [-0.2, -0.15) is 0 Å². The molecule has 0 bridgehead atoms. The Labute approximate surface area is 219 Å². The molecule has 0 unspecified atom stereocenters. The van der Waals surface area contributed by atoms with E-state index in [0.29, 0.717) is 26.2 Å². The van der Waals surface area contributed by atoms with Crippen molar-refractivity contribution < 1.29 is 49.3 Å². The molecule has 3 heterocycles. The van der Waals surface area contributed by atoms with Gasteiger partial charge >= 0.3 is 5.97 Å². The van der Waals surface area contributed by atoms with Gasteiger partial charge in [0.25, 0.3) is 0 Å². The summed E-state index contributed by atoms with van der Waals surface area (Å²) in [6.45, 7) is 2.15. The van der Waals surface area contributed by atoms with Crippen LogP contribution in [-0.4, -0.2) is 108 Å². The van der Waals surface area contributed by atoms with Crippen molar-refractivity contribution >= 4 is 11.7 Å². The minimum absolute atomic E-state index is 0.0182. The molecule has 2 aromatic rings. The summed E-state index contributed by atoms with van der Waals surface area (Å²) in [5.41, 5.74) is 1.12. The summed E-state index contributed by atoms with van der Waals surface area (Å²) >= 11 is 0. The standard InChI is InChI=1S/C26H32N2O10/c1-35-14-5-3-4-13(10-14)28-8-6-27(7-9-28)11-15-17-18(21(32)24(36-2)19(15)30)23-25(38-26(17)34)22(33)20(31)16(12-29)37-23/h3-5,10,16,20,22-23,25,29-33H,6-9,11-12H2,1-2H3/t16-,20-,22+,23-,25+/m1/s1. The van der Waals surface area contributed by atoms with E-state index in [1.54, 1.807) is 7.11 Å². The summed E-state index contributed by atoms with van der Waals surface area (Å²) in [5.74, 6) is -1.28. The molecule has 3 aliphatic rings. The average molecular weight is 533 g/mol. The zero-order valence-electron chi connectivity index (χ0n) is 21.1. The topological polar surface area (TPSA) is 162 Å².